The first-order valence-electron chi connectivity index (χ1n) is 6.90. The van der Waals surface area contributed by atoms with Crippen molar-refractivity contribution in [2.45, 2.75) is 33.4 Å². The normalized spacial score (nSPS) is 12.9. The van der Waals surface area contributed by atoms with Crippen molar-refractivity contribution in [2.75, 3.05) is 0 Å². The van der Waals surface area contributed by atoms with Crippen LogP contribution >= 0.6 is 11.3 Å². The fraction of sp³-hybridized carbons (Fsp3) is 0.294. The maximum absolute atomic E-state index is 6.00. The second-order valence-electron chi connectivity index (χ2n) is 5.27. The molecule has 0 spiro atoms. The van der Waals surface area contributed by atoms with E-state index in [4.69, 9.17) is 4.42 Å². The van der Waals surface area contributed by atoms with Crippen molar-refractivity contribution in [3.8, 4) is 0 Å². The molecular formula is C17H19NOS. The lowest BCUT2D eigenvalue weighted by atomic mass is 10.1. The summed E-state index contributed by atoms with van der Waals surface area (Å²) in [6, 6.07) is 8.43. The van der Waals surface area contributed by atoms with Crippen molar-refractivity contribution < 1.29 is 4.42 Å². The Hall–Kier alpha value is -1.58. The number of nitrogens with one attached hydrogen (secondary N) is 1. The Labute approximate surface area is 123 Å². The summed E-state index contributed by atoms with van der Waals surface area (Å²) in [6.45, 7) is 7.33. The van der Waals surface area contributed by atoms with Crippen LogP contribution in [0.4, 0.5) is 0 Å². The van der Waals surface area contributed by atoms with Crippen molar-refractivity contribution in [2.24, 2.45) is 0 Å². The molecule has 0 aliphatic rings. The second-order valence-corrected chi connectivity index (χ2v) is 6.01. The highest BCUT2D eigenvalue weighted by atomic mass is 32.1. The van der Waals surface area contributed by atoms with Crippen LogP contribution < -0.4 is 5.32 Å². The highest BCUT2D eigenvalue weighted by Crippen LogP contribution is 2.29. The molecule has 0 aliphatic carbocycles. The summed E-state index contributed by atoms with van der Waals surface area (Å²) in [5.74, 6) is 1.04. The standard InChI is InChI=1S/C17H19NOS/c1-11-9-20-10-14(11)8-18-13(3)17-12(2)15-6-4-5-7-16(15)19-17/h4-7,9-10,13,18H,8H2,1-3H3. The van der Waals surface area contributed by atoms with Crippen LogP contribution in [0.2, 0.25) is 0 Å². The monoisotopic (exact) mass is 285 g/mol. The van der Waals surface area contributed by atoms with E-state index in [9.17, 15) is 0 Å². The number of hydrogen-bond donors (Lipinski definition) is 1. The van der Waals surface area contributed by atoms with Gasteiger partial charge >= 0.3 is 0 Å². The number of fused-ring (bicyclic) bond motifs is 1. The lowest BCUT2D eigenvalue weighted by Gasteiger charge is -2.12. The van der Waals surface area contributed by atoms with Crippen molar-refractivity contribution in [3.05, 3.63) is 57.5 Å². The molecule has 0 saturated heterocycles. The van der Waals surface area contributed by atoms with Crippen molar-refractivity contribution in [1.29, 1.82) is 0 Å². The molecule has 0 saturated carbocycles. The van der Waals surface area contributed by atoms with Gasteiger partial charge in [-0.2, -0.15) is 11.3 Å². The Bertz CT molecular complexity index is 726. The third-order valence-electron chi connectivity index (χ3n) is 3.83. The van der Waals surface area contributed by atoms with Gasteiger partial charge in [0.25, 0.3) is 0 Å². The molecule has 3 aromatic rings. The van der Waals surface area contributed by atoms with Crippen LogP contribution in [0.3, 0.4) is 0 Å². The fourth-order valence-corrected chi connectivity index (χ4v) is 3.39. The molecular weight excluding hydrogens is 266 g/mol. The molecule has 0 fully saturated rings. The third kappa shape index (κ3) is 2.39. The van der Waals surface area contributed by atoms with Crippen LogP contribution in [0.5, 0.6) is 0 Å². The summed E-state index contributed by atoms with van der Waals surface area (Å²) >= 11 is 1.76. The Morgan fingerprint density at radius 1 is 1.20 bits per heavy atom. The van der Waals surface area contributed by atoms with Crippen LogP contribution in [0.1, 0.15) is 35.4 Å². The maximum Gasteiger partial charge on any atom is 0.134 e. The van der Waals surface area contributed by atoms with Gasteiger partial charge in [0.05, 0.1) is 6.04 Å². The van der Waals surface area contributed by atoms with Gasteiger partial charge in [-0.25, -0.2) is 0 Å². The molecule has 0 bridgehead atoms. The molecule has 0 aliphatic heterocycles. The molecule has 2 aromatic heterocycles. The smallest absolute Gasteiger partial charge is 0.134 e. The minimum absolute atomic E-state index is 0.210. The molecule has 0 amide bonds. The first-order valence-corrected chi connectivity index (χ1v) is 7.84. The molecule has 1 atom stereocenters. The van der Waals surface area contributed by atoms with Gasteiger partial charge in [-0.3, -0.25) is 0 Å². The quantitative estimate of drug-likeness (QED) is 0.732. The van der Waals surface area contributed by atoms with Crippen LogP contribution in [0.15, 0.2) is 39.4 Å². The number of furan rings is 1. The predicted molar refractivity (Wildman–Crippen MR) is 85.3 cm³/mol. The van der Waals surface area contributed by atoms with E-state index in [0.29, 0.717) is 0 Å². The van der Waals surface area contributed by atoms with Crippen molar-refractivity contribution >= 4 is 22.3 Å². The van der Waals surface area contributed by atoms with Crippen LogP contribution in [0.25, 0.3) is 11.0 Å². The summed E-state index contributed by atoms with van der Waals surface area (Å²) in [5, 5.41) is 9.17. The van der Waals surface area contributed by atoms with E-state index < -0.39 is 0 Å². The number of hydrogen-bond acceptors (Lipinski definition) is 3. The lowest BCUT2D eigenvalue weighted by molar-refractivity contribution is 0.447. The van der Waals surface area contributed by atoms with E-state index in [1.165, 1.54) is 22.1 Å². The maximum atomic E-state index is 6.00. The molecule has 1 aromatic carbocycles. The van der Waals surface area contributed by atoms with E-state index >= 15 is 0 Å². The number of rotatable bonds is 4. The summed E-state index contributed by atoms with van der Waals surface area (Å²) < 4.78 is 6.00. The Morgan fingerprint density at radius 3 is 2.70 bits per heavy atom. The lowest BCUT2D eigenvalue weighted by Crippen LogP contribution is -2.18. The minimum atomic E-state index is 0.210. The molecule has 1 N–H and O–H groups in total. The van der Waals surface area contributed by atoms with Crippen LogP contribution in [-0.4, -0.2) is 0 Å². The largest absolute Gasteiger partial charge is 0.459 e. The predicted octanol–water partition coefficient (Wildman–Crippen LogP) is 4.96. The van der Waals surface area contributed by atoms with E-state index in [1.807, 2.05) is 12.1 Å². The molecule has 2 nitrogen and oxygen atoms in total. The second kappa shape index (κ2) is 5.43. The molecule has 104 valence electrons. The summed E-state index contributed by atoms with van der Waals surface area (Å²) in [5.41, 5.74) is 4.94. The van der Waals surface area contributed by atoms with Gasteiger partial charge in [-0.15, -0.1) is 0 Å². The van der Waals surface area contributed by atoms with E-state index in [0.717, 1.165) is 17.9 Å². The molecule has 1 unspecified atom stereocenters. The number of thiophene rings is 1. The molecule has 3 rings (SSSR count). The number of benzene rings is 1. The average Bonchev–Trinajstić information content (AvgIpc) is 3.01. The van der Waals surface area contributed by atoms with E-state index in [1.54, 1.807) is 11.3 Å². The van der Waals surface area contributed by atoms with Gasteiger partial charge in [0.15, 0.2) is 0 Å². The van der Waals surface area contributed by atoms with Gasteiger partial charge in [0.1, 0.15) is 11.3 Å². The number of para-hydroxylation sites is 1. The zero-order valence-electron chi connectivity index (χ0n) is 12.1. The molecule has 20 heavy (non-hydrogen) atoms. The summed E-state index contributed by atoms with van der Waals surface area (Å²) in [4.78, 5) is 0. The Kier molecular flexibility index (Phi) is 3.64. The topological polar surface area (TPSA) is 25.2 Å². The van der Waals surface area contributed by atoms with Crippen LogP contribution in [0, 0.1) is 13.8 Å². The number of aryl methyl sites for hydroxylation is 2. The first-order chi connectivity index (χ1) is 9.66. The van der Waals surface area contributed by atoms with Crippen molar-refractivity contribution in [3.63, 3.8) is 0 Å². The van der Waals surface area contributed by atoms with E-state index in [-0.39, 0.29) is 6.04 Å². The van der Waals surface area contributed by atoms with E-state index in [2.05, 4.69) is 49.0 Å². The summed E-state index contributed by atoms with van der Waals surface area (Å²) in [6.07, 6.45) is 0. The first kappa shape index (κ1) is 13.4. The molecule has 2 heterocycles. The van der Waals surface area contributed by atoms with Gasteiger partial charge in [0, 0.05) is 11.9 Å². The highest BCUT2D eigenvalue weighted by molar-refractivity contribution is 7.08. The Morgan fingerprint density at radius 2 is 2.00 bits per heavy atom. The highest BCUT2D eigenvalue weighted by Gasteiger charge is 2.16. The van der Waals surface area contributed by atoms with Gasteiger partial charge in [-0.05, 0) is 54.3 Å². The Balaban J connectivity index is 1.80. The zero-order chi connectivity index (χ0) is 14.1. The van der Waals surface area contributed by atoms with Crippen LogP contribution in [-0.2, 0) is 6.54 Å². The van der Waals surface area contributed by atoms with Gasteiger partial charge in [0.2, 0.25) is 0 Å². The fourth-order valence-electron chi connectivity index (χ4n) is 2.53. The molecule has 0 radical (unpaired) electrons. The average molecular weight is 285 g/mol. The third-order valence-corrected chi connectivity index (χ3v) is 4.74. The minimum Gasteiger partial charge on any atom is -0.459 e. The van der Waals surface area contributed by atoms with Gasteiger partial charge < -0.3 is 9.73 Å². The van der Waals surface area contributed by atoms with Gasteiger partial charge in [-0.1, -0.05) is 18.2 Å². The molecule has 3 heteroatoms. The van der Waals surface area contributed by atoms with Crippen molar-refractivity contribution in [1.82, 2.24) is 5.32 Å². The zero-order valence-corrected chi connectivity index (χ0v) is 12.9. The SMILES string of the molecule is Cc1cscc1CNC(C)c1oc2ccccc2c1C. The summed E-state index contributed by atoms with van der Waals surface area (Å²) in [7, 11) is 0.